The third-order valence-corrected chi connectivity index (χ3v) is 2.45. The number of rotatable bonds is 1. The van der Waals surface area contributed by atoms with Gasteiger partial charge in [-0.25, -0.2) is 0 Å². The fourth-order valence-corrected chi connectivity index (χ4v) is 1.70. The molecular weight excluding hydrogens is 188 g/mol. The quantitative estimate of drug-likeness (QED) is 0.700. The van der Waals surface area contributed by atoms with Gasteiger partial charge in [-0.2, -0.15) is 0 Å². The molecule has 0 amide bonds. The maximum atomic E-state index is 5.80. The first-order valence-corrected chi connectivity index (χ1v) is 4.91. The number of furan rings is 1. The Morgan fingerprint density at radius 3 is 2.80 bits per heavy atom. The van der Waals surface area contributed by atoms with Crippen molar-refractivity contribution in [3.05, 3.63) is 60.1 Å². The minimum Gasteiger partial charge on any atom is -0.478 e. The van der Waals surface area contributed by atoms with E-state index in [1.54, 1.807) is 6.26 Å². The molecule has 0 fully saturated rings. The van der Waals surface area contributed by atoms with Crippen LogP contribution in [-0.2, 0) is 0 Å². The second kappa shape index (κ2) is 3.31. The van der Waals surface area contributed by atoms with Crippen LogP contribution in [-0.4, -0.2) is 0 Å². The first-order valence-electron chi connectivity index (χ1n) is 4.91. The summed E-state index contributed by atoms with van der Waals surface area (Å²) in [5.41, 5.74) is 1.11. The van der Waals surface area contributed by atoms with E-state index >= 15 is 0 Å². The largest absolute Gasteiger partial charge is 0.478 e. The van der Waals surface area contributed by atoms with Crippen molar-refractivity contribution in [1.82, 2.24) is 0 Å². The van der Waals surface area contributed by atoms with E-state index in [1.165, 1.54) is 0 Å². The average Bonchev–Trinajstić information content (AvgIpc) is 2.82. The molecule has 0 spiro atoms. The molecule has 1 aromatic heterocycles. The van der Waals surface area contributed by atoms with E-state index in [9.17, 15) is 0 Å². The molecule has 0 N–H and O–H groups in total. The summed E-state index contributed by atoms with van der Waals surface area (Å²) >= 11 is 0. The van der Waals surface area contributed by atoms with Gasteiger partial charge in [0.15, 0.2) is 6.10 Å². The molecule has 3 rings (SSSR count). The average molecular weight is 198 g/mol. The highest BCUT2D eigenvalue weighted by molar-refractivity contribution is 5.60. The molecule has 1 atom stereocenters. The van der Waals surface area contributed by atoms with Crippen LogP contribution in [0.3, 0.4) is 0 Å². The third-order valence-electron chi connectivity index (χ3n) is 2.45. The summed E-state index contributed by atoms with van der Waals surface area (Å²) < 4.78 is 11.1. The van der Waals surface area contributed by atoms with Crippen molar-refractivity contribution in [2.45, 2.75) is 6.10 Å². The van der Waals surface area contributed by atoms with Crippen molar-refractivity contribution in [1.29, 1.82) is 0 Å². The van der Waals surface area contributed by atoms with Gasteiger partial charge in [0.1, 0.15) is 11.5 Å². The molecule has 2 nitrogen and oxygen atoms in total. The second-order valence-corrected chi connectivity index (χ2v) is 3.45. The van der Waals surface area contributed by atoms with Crippen molar-refractivity contribution in [3.8, 4) is 5.75 Å². The van der Waals surface area contributed by atoms with Crippen molar-refractivity contribution in [2.75, 3.05) is 0 Å². The predicted octanol–water partition coefficient (Wildman–Crippen LogP) is 3.43. The third kappa shape index (κ3) is 1.44. The van der Waals surface area contributed by atoms with Gasteiger partial charge in [0.05, 0.1) is 6.26 Å². The van der Waals surface area contributed by atoms with E-state index < -0.39 is 0 Å². The van der Waals surface area contributed by atoms with Crippen LogP contribution in [0.25, 0.3) is 6.08 Å². The predicted molar refractivity (Wildman–Crippen MR) is 57.6 cm³/mol. The number of hydrogen-bond donors (Lipinski definition) is 0. The van der Waals surface area contributed by atoms with Gasteiger partial charge in [0.25, 0.3) is 0 Å². The molecule has 0 saturated heterocycles. The molecule has 15 heavy (non-hydrogen) atoms. The summed E-state index contributed by atoms with van der Waals surface area (Å²) in [5.74, 6) is 1.74. The van der Waals surface area contributed by atoms with Crippen LogP contribution in [0.5, 0.6) is 5.75 Å². The van der Waals surface area contributed by atoms with Crippen LogP contribution in [0.4, 0.5) is 0 Å². The lowest BCUT2D eigenvalue weighted by Gasteiger charge is -2.19. The summed E-state index contributed by atoms with van der Waals surface area (Å²) in [5, 5.41) is 0. The zero-order valence-corrected chi connectivity index (χ0v) is 8.09. The lowest BCUT2D eigenvalue weighted by molar-refractivity contribution is 0.219. The summed E-state index contributed by atoms with van der Waals surface area (Å²) in [7, 11) is 0. The summed E-state index contributed by atoms with van der Waals surface area (Å²) in [4.78, 5) is 0. The highest BCUT2D eigenvalue weighted by atomic mass is 16.5. The van der Waals surface area contributed by atoms with E-state index in [0.29, 0.717) is 0 Å². The smallest absolute Gasteiger partial charge is 0.174 e. The Kier molecular flexibility index (Phi) is 1.85. The van der Waals surface area contributed by atoms with Gasteiger partial charge >= 0.3 is 0 Å². The number of ether oxygens (including phenoxy) is 1. The molecule has 0 bridgehead atoms. The zero-order chi connectivity index (χ0) is 10.1. The Labute approximate surface area is 87.8 Å². The van der Waals surface area contributed by atoms with Crippen LogP contribution in [0, 0.1) is 0 Å². The lowest BCUT2D eigenvalue weighted by atomic mass is 10.1. The van der Waals surface area contributed by atoms with Crippen molar-refractivity contribution < 1.29 is 9.15 Å². The lowest BCUT2D eigenvalue weighted by Crippen LogP contribution is -2.07. The number of benzene rings is 1. The van der Waals surface area contributed by atoms with Gasteiger partial charge in [-0.3, -0.25) is 0 Å². The molecule has 0 radical (unpaired) electrons. The molecule has 1 aliphatic rings. The molecule has 2 aromatic rings. The minimum absolute atomic E-state index is 0.102. The molecule has 1 unspecified atom stereocenters. The fourth-order valence-electron chi connectivity index (χ4n) is 1.70. The molecule has 1 aliphatic heterocycles. The van der Waals surface area contributed by atoms with Crippen LogP contribution < -0.4 is 4.74 Å². The van der Waals surface area contributed by atoms with Gasteiger partial charge in [-0.05, 0) is 24.3 Å². The van der Waals surface area contributed by atoms with Crippen LogP contribution in [0.2, 0.25) is 0 Å². The minimum atomic E-state index is -0.102. The maximum absolute atomic E-state index is 5.80. The van der Waals surface area contributed by atoms with E-state index in [0.717, 1.165) is 17.1 Å². The van der Waals surface area contributed by atoms with Gasteiger partial charge in [-0.15, -0.1) is 0 Å². The van der Waals surface area contributed by atoms with Gasteiger partial charge in [0, 0.05) is 5.56 Å². The second-order valence-electron chi connectivity index (χ2n) is 3.45. The zero-order valence-electron chi connectivity index (χ0n) is 8.09. The normalized spacial score (nSPS) is 18.3. The maximum Gasteiger partial charge on any atom is 0.174 e. The van der Waals surface area contributed by atoms with Crippen molar-refractivity contribution >= 4 is 6.08 Å². The van der Waals surface area contributed by atoms with Gasteiger partial charge < -0.3 is 9.15 Å². The molecule has 74 valence electrons. The number of hydrogen-bond acceptors (Lipinski definition) is 2. The first-order chi connectivity index (χ1) is 7.43. The Balaban J connectivity index is 1.96. The van der Waals surface area contributed by atoms with Crippen molar-refractivity contribution in [2.24, 2.45) is 0 Å². The van der Waals surface area contributed by atoms with Crippen LogP contribution in [0.1, 0.15) is 17.4 Å². The summed E-state index contributed by atoms with van der Waals surface area (Å²) in [6.07, 6.45) is 5.62. The van der Waals surface area contributed by atoms with Crippen LogP contribution >= 0.6 is 0 Å². The Morgan fingerprint density at radius 1 is 1.00 bits per heavy atom. The molecule has 2 heteroatoms. The molecule has 0 aliphatic carbocycles. The topological polar surface area (TPSA) is 22.4 Å². The van der Waals surface area contributed by atoms with E-state index in [2.05, 4.69) is 6.08 Å². The summed E-state index contributed by atoms with van der Waals surface area (Å²) in [6.45, 7) is 0. The van der Waals surface area contributed by atoms with E-state index in [-0.39, 0.29) is 6.10 Å². The summed E-state index contributed by atoms with van der Waals surface area (Å²) in [6, 6.07) is 11.8. The van der Waals surface area contributed by atoms with Crippen molar-refractivity contribution in [3.63, 3.8) is 0 Å². The Bertz CT molecular complexity index is 483. The van der Waals surface area contributed by atoms with E-state index in [1.807, 2.05) is 42.5 Å². The Hall–Kier alpha value is -1.96. The Morgan fingerprint density at radius 2 is 1.93 bits per heavy atom. The van der Waals surface area contributed by atoms with Crippen LogP contribution in [0.15, 0.2) is 53.2 Å². The molecular formula is C13H10O2. The molecule has 0 saturated carbocycles. The highest BCUT2D eigenvalue weighted by Gasteiger charge is 2.17. The van der Waals surface area contributed by atoms with E-state index in [4.69, 9.17) is 9.15 Å². The van der Waals surface area contributed by atoms with Gasteiger partial charge in [-0.1, -0.05) is 24.3 Å². The molecule has 2 heterocycles. The standard InChI is InChI=1S/C13H10O2/c1-2-5-11-10(4-1)7-8-13(15-11)12-6-3-9-14-12/h1-9,13H. The number of para-hydroxylation sites is 1. The van der Waals surface area contributed by atoms with Gasteiger partial charge in [0.2, 0.25) is 0 Å². The fraction of sp³-hybridized carbons (Fsp3) is 0.0769. The highest BCUT2D eigenvalue weighted by Crippen LogP contribution is 2.32. The monoisotopic (exact) mass is 198 g/mol. The SMILES string of the molecule is C1=CC(c2ccco2)Oc2ccccc21. The number of fused-ring (bicyclic) bond motifs is 1. The molecule has 1 aromatic carbocycles. The first kappa shape index (κ1) is 8.36.